The number of rotatable bonds is 5. The Bertz CT molecular complexity index is 995. The monoisotopic (exact) mass is 415 g/mol. The number of nitrogens with zero attached hydrogens (tertiary/aromatic N) is 1. The lowest BCUT2D eigenvalue weighted by Gasteiger charge is -2.31. The molecule has 1 saturated heterocycles. The van der Waals surface area contributed by atoms with E-state index in [9.17, 15) is 18.0 Å². The number of hydrogen-bond donors (Lipinski definition) is 2. The normalized spacial score (nSPS) is 15.2. The van der Waals surface area contributed by atoms with Gasteiger partial charge in [0, 0.05) is 31.1 Å². The van der Waals surface area contributed by atoms with E-state index >= 15 is 0 Å². The van der Waals surface area contributed by atoms with Crippen molar-refractivity contribution in [1.82, 2.24) is 10.2 Å². The van der Waals surface area contributed by atoms with Crippen LogP contribution in [0.1, 0.15) is 34.3 Å². The van der Waals surface area contributed by atoms with Crippen LogP contribution < -0.4 is 10.5 Å². The first kappa shape index (κ1) is 21.0. The lowest BCUT2D eigenvalue weighted by Crippen LogP contribution is -2.43. The van der Waals surface area contributed by atoms with Crippen LogP contribution in [0.4, 0.5) is 0 Å². The Kier molecular flexibility index (Phi) is 6.34. The van der Waals surface area contributed by atoms with E-state index < -0.39 is 10.0 Å². The van der Waals surface area contributed by atoms with Crippen molar-refractivity contribution in [1.29, 1.82) is 0 Å². The summed E-state index contributed by atoms with van der Waals surface area (Å²) in [5, 5.41) is 8.07. The molecular formula is C21H25N3O4S. The second kappa shape index (κ2) is 8.75. The molecule has 1 fully saturated rings. The van der Waals surface area contributed by atoms with Gasteiger partial charge in [-0.3, -0.25) is 9.59 Å². The number of carbonyl (C=O) groups is 2. The van der Waals surface area contributed by atoms with Crippen LogP contribution in [0.15, 0.2) is 53.4 Å². The number of nitrogens with two attached hydrogens (primary N) is 1. The Labute approximate surface area is 171 Å². The highest BCUT2D eigenvalue weighted by molar-refractivity contribution is 7.89. The highest BCUT2D eigenvalue weighted by Gasteiger charge is 2.27. The molecule has 0 radical (unpaired) electrons. The zero-order valence-electron chi connectivity index (χ0n) is 16.3. The first-order chi connectivity index (χ1) is 13.8. The van der Waals surface area contributed by atoms with E-state index in [1.807, 2.05) is 31.2 Å². The summed E-state index contributed by atoms with van der Waals surface area (Å²) in [4.78, 5) is 26.8. The molecule has 2 aromatic rings. The number of likely N-dealkylation sites (tertiary alicyclic amines) is 1. The molecule has 0 unspecified atom stereocenters. The van der Waals surface area contributed by atoms with E-state index in [4.69, 9.17) is 5.14 Å². The minimum Gasteiger partial charge on any atom is -0.352 e. The molecule has 0 aliphatic carbocycles. The quantitative estimate of drug-likeness (QED) is 0.776. The van der Waals surface area contributed by atoms with Gasteiger partial charge in [-0.05, 0) is 55.2 Å². The summed E-state index contributed by atoms with van der Waals surface area (Å²) in [6.45, 7) is 3.48. The van der Waals surface area contributed by atoms with Crippen molar-refractivity contribution in [2.75, 3.05) is 13.1 Å². The van der Waals surface area contributed by atoms with Crippen LogP contribution in [-0.2, 0) is 21.4 Å². The van der Waals surface area contributed by atoms with Crippen LogP contribution in [0.25, 0.3) is 0 Å². The van der Waals surface area contributed by atoms with Gasteiger partial charge in [-0.25, -0.2) is 13.6 Å². The third-order valence-corrected chi connectivity index (χ3v) is 6.23. The maximum atomic E-state index is 12.6. The van der Waals surface area contributed by atoms with Crippen LogP contribution in [0.3, 0.4) is 0 Å². The Morgan fingerprint density at radius 3 is 2.28 bits per heavy atom. The van der Waals surface area contributed by atoms with Gasteiger partial charge in [0.1, 0.15) is 0 Å². The summed E-state index contributed by atoms with van der Waals surface area (Å²) < 4.78 is 22.6. The van der Waals surface area contributed by atoms with E-state index in [1.54, 1.807) is 4.90 Å². The number of hydrogen-bond acceptors (Lipinski definition) is 4. The van der Waals surface area contributed by atoms with Crippen LogP contribution in [-0.4, -0.2) is 38.2 Å². The van der Waals surface area contributed by atoms with Crippen molar-refractivity contribution in [2.24, 2.45) is 11.1 Å². The van der Waals surface area contributed by atoms with Crippen LogP contribution in [0.2, 0.25) is 0 Å². The van der Waals surface area contributed by atoms with Gasteiger partial charge in [0.15, 0.2) is 0 Å². The molecule has 0 atom stereocenters. The van der Waals surface area contributed by atoms with Gasteiger partial charge in [0.2, 0.25) is 15.9 Å². The fraction of sp³-hybridized carbons (Fsp3) is 0.333. The van der Waals surface area contributed by atoms with Gasteiger partial charge >= 0.3 is 0 Å². The fourth-order valence-corrected chi connectivity index (χ4v) is 3.97. The highest BCUT2D eigenvalue weighted by atomic mass is 32.2. The van der Waals surface area contributed by atoms with Crippen molar-refractivity contribution in [3.8, 4) is 0 Å². The molecule has 0 saturated carbocycles. The third-order valence-electron chi connectivity index (χ3n) is 5.30. The van der Waals surface area contributed by atoms with Crippen LogP contribution >= 0.6 is 0 Å². The first-order valence-electron chi connectivity index (χ1n) is 9.50. The third kappa shape index (κ3) is 5.21. The maximum absolute atomic E-state index is 12.6. The Balaban J connectivity index is 1.52. The molecular weight excluding hydrogens is 390 g/mol. The first-order valence-corrected chi connectivity index (χ1v) is 11.0. The number of aryl methyl sites for hydroxylation is 1. The molecule has 3 N–H and O–H groups in total. The van der Waals surface area contributed by atoms with Crippen molar-refractivity contribution >= 4 is 21.8 Å². The van der Waals surface area contributed by atoms with Gasteiger partial charge < -0.3 is 10.2 Å². The van der Waals surface area contributed by atoms with Gasteiger partial charge in [-0.1, -0.05) is 24.3 Å². The number of piperidine rings is 1. The van der Waals surface area contributed by atoms with Crippen LogP contribution in [0.5, 0.6) is 0 Å². The Morgan fingerprint density at radius 2 is 1.69 bits per heavy atom. The molecule has 7 nitrogen and oxygen atoms in total. The molecule has 154 valence electrons. The van der Waals surface area contributed by atoms with Crippen molar-refractivity contribution in [3.05, 3.63) is 65.2 Å². The summed E-state index contributed by atoms with van der Waals surface area (Å²) in [5.74, 6) is -0.282. The lowest BCUT2D eigenvalue weighted by molar-refractivity contribution is -0.126. The molecule has 1 aliphatic rings. The van der Waals surface area contributed by atoms with Crippen LogP contribution in [0, 0.1) is 12.8 Å². The van der Waals surface area contributed by atoms with Crippen molar-refractivity contribution in [3.63, 3.8) is 0 Å². The number of benzene rings is 2. The smallest absolute Gasteiger partial charge is 0.253 e. The molecule has 29 heavy (non-hydrogen) atoms. The molecule has 8 heteroatoms. The second-order valence-electron chi connectivity index (χ2n) is 7.28. The molecule has 1 heterocycles. The minimum atomic E-state index is -3.78. The topological polar surface area (TPSA) is 110 Å². The SMILES string of the molecule is Cc1ccccc1CNC(=O)C1CCN(C(=O)c2ccc(S(N)(=O)=O)cc2)CC1. The summed E-state index contributed by atoms with van der Waals surface area (Å²) in [5.41, 5.74) is 2.64. The van der Waals surface area contributed by atoms with E-state index in [-0.39, 0.29) is 22.6 Å². The predicted molar refractivity (Wildman–Crippen MR) is 109 cm³/mol. The van der Waals surface area contributed by atoms with Gasteiger partial charge in [-0.15, -0.1) is 0 Å². The molecule has 0 aromatic heterocycles. The van der Waals surface area contributed by atoms with E-state index in [0.717, 1.165) is 11.1 Å². The van der Waals surface area contributed by atoms with Crippen molar-refractivity contribution in [2.45, 2.75) is 31.2 Å². The minimum absolute atomic E-state index is 0.0119. The molecule has 0 spiro atoms. The molecule has 2 amide bonds. The zero-order chi connectivity index (χ0) is 21.0. The van der Waals surface area contributed by atoms with E-state index in [2.05, 4.69) is 5.32 Å². The van der Waals surface area contributed by atoms with E-state index in [1.165, 1.54) is 24.3 Å². The fourth-order valence-electron chi connectivity index (χ4n) is 3.45. The highest BCUT2D eigenvalue weighted by Crippen LogP contribution is 2.20. The predicted octanol–water partition coefficient (Wildman–Crippen LogP) is 1.81. The lowest BCUT2D eigenvalue weighted by atomic mass is 9.95. The average Bonchev–Trinajstić information content (AvgIpc) is 2.72. The standard InChI is InChI=1S/C21H25N3O4S/c1-15-4-2-3-5-18(15)14-23-20(25)16-10-12-24(13-11-16)21(26)17-6-8-19(9-7-17)29(22,27)28/h2-9,16H,10-14H2,1H3,(H,23,25)(H2,22,27,28). The number of carbonyl (C=O) groups excluding carboxylic acids is 2. The zero-order valence-corrected chi connectivity index (χ0v) is 17.1. The summed E-state index contributed by atoms with van der Waals surface area (Å²) in [7, 11) is -3.78. The second-order valence-corrected chi connectivity index (χ2v) is 8.84. The summed E-state index contributed by atoms with van der Waals surface area (Å²) in [6, 6.07) is 13.5. The largest absolute Gasteiger partial charge is 0.352 e. The number of nitrogens with one attached hydrogen (secondary N) is 1. The number of amides is 2. The maximum Gasteiger partial charge on any atom is 0.253 e. The number of sulfonamides is 1. The molecule has 1 aliphatic heterocycles. The van der Waals surface area contributed by atoms with Gasteiger partial charge in [-0.2, -0.15) is 0 Å². The Hall–Kier alpha value is -2.71. The summed E-state index contributed by atoms with van der Waals surface area (Å²) in [6.07, 6.45) is 1.20. The Morgan fingerprint density at radius 1 is 1.07 bits per heavy atom. The van der Waals surface area contributed by atoms with Gasteiger partial charge in [0.25, 0.3) is 5.91 Å². The van der Waals surface area contributed by atoms with Gasteiger partial charge in [0.05, 0.1) is 4.90 Å². The summed E-state index contributed by atoms with van der Waals surface area (Å²) >= 11 is 0. The number of primary sulfonamides is 1. The average molecular weight is 416 g/mol. The molecule has 3 rings (SSSR count). The van der Waals surface area contributed by atoms with Crippen molar-refractivity contribution < 1.29 is 18.0 Å². The molecule has 0 bridgehead atoms. The molecule has 2 aromatic carbocycles. The van der Waals surface area contributed by atoms with E-state index in [0.29, 0.717) is 38.0 Å².